The highest BCUT2D eigenvalue weighted by Crippen LogP contribution is 2.24. The highest BCUT2D eigenvalue weighted by molar-refractivity contribution is 5.39. The van der Waals surface area contributed by atoms with Crippen molar-refractivity contribution >= 4 is 0 Å². The summed E-state index contributed by atoms with van der Waals surface area (Å²) in [5.74, 6) is -1.17. The van der Waals surface area contributed by atoms with Crippen LogP contribution < -0.4 is 5.73 Å². The maximum atomic E-state index is 13.7. The number of hydrogen-bond donors (Lipinski definition) is 1. The first-order chi connectivity index (χ1) is 9.38. The molecule has 0 aromatic heterocycles. The van der Waals surface area contributed by atoms with Crippen LogP contribution in [0, 0.1) is 32.4 Å². The molecule has 2 aromatic rings. The Morgan fingerprint density at radius 3 is 2.15 bits per heavy atom. The van der Waals surface area contributed by atoms with Crippen LogP contribution in [-0.2, 0) is 6.42 Å². The van der Waals surface area contributed by atoms with Crippen molar-refractivity contribution in [1.29, 1.82) is 0 Å². The standard InChI is InChI=1S/C17H19F2N/c1-10-6-11(2)15(12(3)7-10)9-17(20)14-5-4-13(18)8-16(14)19/h4-8,17H,9,20H2,1-3H3. The minimum absolute atomic E-state index is 0.353. The lowest BCUT2D eigenvalue weighted by Gasteiger charge is -2.17. The van der Waals surface area contributed by atoms with Gasteiger partial charge in [-0.05, 0) is 49.9 Å². The van der Waals surface area contributed by atoms with Crippen LogP contribution in [0.15, 0.2) is 30.3 Å². The molecule has 1 unspecified atom stereocenters. The monoisotopic (exact) mass is 275 g/mol. The minimum atomic E-state index is -0.583. The van der Waals surface area contributed by atoms with Gasteiger partial charge in [0.25, 0.3) is 0 Å². The minimum Gasteiger partial charge on any atom is -0.324 e. The number of rotatable bonds is 3. The van der Waals surface area contributed by atoms with Gasteiger partial charge in [-0.1, -0.05) is 23.8 Å². The second-order valence-electron chi connectivity index (χ2n) is 5.35. The van der Waals surface area contributed by atoms with Crippen LogP contribution in [0.3, 0.4) is 0 Å². The molecule has 0 spiro atoms. The third kappa shape index (κ3) is 3.05. The highest BCUT2D eigenvalue weighted by atomic mass is 19.1. The predicted molar refractivity (Wildman–Crippen MR) is 77.6 cm³/mol. The molecule has 0 heterocycles. The molecule has 2 aromatic carbocycles. The van der Waals surface area contributed by atoms with E-state index in [4.69, 9.17) is 5.73 Å². The van der Waals surface area contributed by atoms with E-state index >= 15 is 0 Å². The molecule has 0 aliphatic rings. The molecule has 2 N–H and O–H groups in total. The molecule has 106 valence electrons. The molecule has 0 saturated carbocycles. The molecule has 1 atom stereocenters. The summed E-state index contributed by atoms with van der Waals surface area (Å²) in [6, 6.07) is 7.26. The van der Waals surface area contributed by atoms with Crippen molar-refractivity contribution in [3.63, 3.8) is 0 Å². The van der Waals surface area contributed by atoms with Crippen LogP contribution in [0.5, 0.6) is 0 Å². The molecule has 0 fully saturated rings. The summed E-state index contributed by atoms with van der Waals surface area (Å²) in [4.78, 5) is 0. The second-order valence-corrected chi connectivity index (χ2v) is 5.35. The van der Waals surface area contributed by atoms with Crippen LogP contribution >= 0.6 is 0 Å². The second kappa shape index (κ2) is 5.71. The molecule has 0 radical (unpaired) electrons. The Morgan fingerprint density at radius 2 is 1.60 bits per heavy atom. The molecule has 0 amide bonds. The largest absolute Gasteiger partial charge is 0.324 e. The van der Waals surface area contributed by atoms with Gasteiger partial charge in [0.1, 0.15) is 11.6 Å². The Bertz CT molecular complexity index is 612. The summed E-state index contributed by atoms with van der Waals surface area (Å²) in [7, 11) is 0. The Kier molecular flexibility index (Phi) is 4.19. The topological polar surface area (TPSA) is 26.0 Å². The fourth-order valence-corrected chi connectivity index (χ4v) is 2.66. The van der Waals surface area contributed by atoms with E-state index in [2.05, 4.69) is 12.1 Å². The van der Waals surface area contributed by atoms with Gasteiger partial charge in [0, 0.05) is 17.7 Å². The van der Waals surface area contributed by atoms with Crippen molar-refractivity contribution in [3.05, 3.63) is 69.8 Å². The van der Waals surface area contributed by atoms with Crippen molar-refractivity contribution < 1.29 is 8.78 Å². The van der Waals surface area contributed by atoms with E-state index in [9.17, 15) is 8.78 Å². The number of nitrogens with two attached hydrogens (primary N) is 1. The molecule has 0 aliphatic carbocycles. The zero-order valence-corrected chi connectivity index (χ0v) is 12.0. The zero-order chi connectivity index (χ0) is 14.9. The van der Waals surface area contributed by atoms with E-state index in [-0.39, 0.29) is 0 Å². The lowest BCUT2D eigenvalue weighted by molar-refractivity contribution is 0.553. The van der Waals surface area contributed by atoms with Crippen molar-refractivity contribution in [2.75, 3.05) is 0 Å². The van der Waals surface area contributed by atoms with E-state index in [0.29, 0.717) is 12.0 Å². The first-order valence-electron chi connectivity index (χ1n) is 6.65. The van der Waals surface area contributed by atoms with Gasteiger partial charge in [0.15, 0.2) is 0 Å². The molecule has 20 heavy (non-hydrogen) atoms. The van der Waals surface area contributed by atoms with Gasteiger partial charge < -0.3 is 5.73 Å². The lowest BCUT2D eigenvalue weighted by atomic mass is 9.92. The van der Waals surface area contributed by atoms with Gasteiger partial charge in [0.2, 0.25) is 0 Å². The summed E-state index contributed by atoms with van der Waals surface area (Å²) in [5, 5.41) is 0. The Morgan fingerprint density at radius 1 is 1.00 bits per heavy atom. The van der Waals surface area contributed by atoms with E-state index in [1.165, 1.54) is 17.7 Å². The van der Waals surface area contributed by atoms with Crippen LogP contribution in [-0.4, -0.2) is 0 Å². The predicted octanol–water partition coefficient (Wildman–Crippen LogP) is 4.13. The normalized spacial score (nSPS) is 12.5. The summed E-state index contributed by atoms with van der Waals surface area (Å²) in [6.07, 6.45) is 0.542. The van der Waals surface area contributed by atoms with E-state index < -0.39 is 17.7 Å². The SMILES string of the molecule is Cc1cc(C)c(CC(N)c2ccc(F)cc2F)c(C)c1. The molecular weight excluding hydrogens is 256 g/mol. The first kappa shape index (κ1) is 14.7. The quantitative estimate of drug-likeness (QED) is 0.895. The van der Waals surface area contributed by atoms with Crippen LogP contribution in [0.2, 0.25) is 0 Å². The van der Waals surface area contributed by atoms with Crippen LogP contribution in [0.25, 0.3) is 0 Å². The van der Waals surface area contributed by atoms with Gasteiger partial charge in [-0.25, -0.2) is 8.78 Å². The van der Waals surface area contributed by atoms with E-state index in [1.807, 2.05) is 20.8 Å². The third-order valence-electron chi connectivity index (χ3n) is 3.63. The van der Waals surface area contributed by atoms with Gasteiger partial charge in [0.05, 0.1) is 0 Å². The Hall–Kier alpha value is -1.74. The maximum absolute atomic E-state index is 13.7. The molecule has 2 rings (SSSR count). The fourth-order valence-electron chi connectivity index (χ4n) is 2.66. The van der Waals surface area contributed by atoms with Gasteiger partial charge in [-0.15, -0.1) is 0 Å². The van der Waals surface area contributed by atoms with Gasteiger partial charge in [-0.2, -0.15) is 0 Å². The summed E-state index contributed by atoms with van der Waals surface area (Å²) in [5.41, 5.74) is 11.1. The third-order valence-corrected chi connectivity index (χ3v) is 3.63. The molecule has 0 saturated heterocycles. The van der Waals surface area contributed by atoms with Gasteiger partial charge >= 0.3 is 0 Å². The van der Waals surface area contributed by atoms with Crippen molar-refractivity contribution in [3.8, 4) is 0 Å². The molecular formula is C17H19F2N. The van der Waals surface area contributed by atoms with Gasteiger partial charge in [-0.3, -0.25) is 0 Å². The summed E-state index contributed by atoms with van der Waals surface area (Å²) in [6.45, 7) is 6.11. The van der Waals surface area contributed by atoms with E-state index in [0.717, 1.165) is 22.8 Å². The van der Waals surface area contributed by atoms with Crippen molar-refractivity contribution in [2.24, 2.45) is 5.73 Å². The Labute approximate surface area is 118 Å². The smallest absolute Gasteiger partial charge is 0.130 e. The van der Waals surface area contributed by atoms with Crippen LogP contribution in [0.4, 0.5) is 8.78 Å². The Balaban J connectivity index is 2.30. The van der Waals surface area contributed by atoms with Crippen LogP contribution in [0.1, 0.15) is 33.9 Å². The summed E-state index contributed by atoms with van der Waals surface area (Å²) >= 11 is 0. The number of benzene rings is 2. The first-order valence-corrected chi connectivity index (χ1v) is 6.65. The fraction of sp³-hybridized carbons (Fsp3) is 0.294. The maximum Gasteiger partial charge on any atom is 0.130 e. The van der Waals surface area contributed by atoms with Crippen molar-refractivity contribution in [2.45, 2.75) is 33.2 Å². The molecule has 0 aliphatic heterocycles. The number of hydrogen-bond acceptors (Lipinski definition) is 1. The average molecular weight is 275 g/mol. The number of aryl methyl sites for hydroxylation is 3. The highest BCUT2D eigenvalue weighted by Gasteiger charge is 2.15. The molecule has 0 bridgehead atoms. The zero-order valence-electron chi connectivity index (χ0n) is 12.0. The van der Waals surface area contributed by atoms with Crippen molar-refractivity contribution in [1.82, 2.24) is 0 Å². The summed E-state index contributed by atoms with van der Waals surface area (Å²) < 4.78 is 26.7. The number of halogens is 2. The van der Waals surface area contributed by atoms with E-state index in [1.54, 1.807) is 0 Å². The average Bonchev–Trinajstić information content (AvgIpc) is 2.33. The molecule has 1 nitrogen and oxygen atoms in total. The molecule has 3 heteroatoms. The lowest BCUT2D eigenvalue weighted by Crippen LogP contribution is -2.16.